The second-order valence-electron chi connectivity index (χ2n) is 5.69. The van der Waals surface area contributed by atoms with Crippen LogP contribution in [0.2, 0.25) is 0 Å². The van der Waals surface area contributed by atoms with E-state index < -0.39 is 0 Å². The molecule has 0 radical (unpaired) electrons. The number of amides is 1. The Morgan fingerprint density at radius 2 is 1.88 bits per heavy atom. The molecule has 0 unspecified atom stereocenters. The van der Waals surface area contributed by atoms with Crippen LogP contribution in [-0.4, -0.2) is 37.6 Å². The monoisotopic (exact) mass is 357 g/mol. The smallest absolute Gasteiger partial charge is 0.246 e. The van der Waals surface area contributed by atoms with Gasteiger partial charge in [-0.2, -0.15) is 4.80 Å². The second kappa shape index (κ2) is 7.81. The molecule has 1 aromatic heterocycles. The van der Waals surface area contributed by atoms with E-state index in [1.54, 1.807) is 29.2 Å². The summed E-state index contributed by atoms with van der Waals surface area (Å²) in [6.45, 7) is 2.52. The van der Waals surface area contributed by atoms with Crippen LogP contribution in [0.4, 0.5) is 8.78 Å². The summed E-state index contributed by atoms with van der Waals surface area (Å²) in [7, 11) is 0. The maximum absolute atomic E-state index is 13.3. The van der Waals surface area contributed by atoms with Gasteiger partial charge in [-0.3, -0.25) is 4.79 Å². The Balaban J connectivity index is 1.67. The molecule has 8 heteroatoms. The molecule has 1 amide bonds. The number of benzene rings is 2. The second-order valence-corrected chi connectivity index (χ2v) is 5.69. The molecule has 1 heterocycles. The van der Waals surface area contributed by atoms with Gasteiger partial charge in [0.15, 0.2) is 0 Å². The molecule has 6 nitrogen and oxygen atoms in total. The van der Waals surface area contributed by atoms with E-state index >= 15 is 0 Å². The standard InChI is InChI=1S/C18H17F2N5O/c1-2-24(11-13-4-3-5-16(20)10-13)17(26)12-25-22-18(21-23-25)14-6-8-15(19)9-7-14/h3-10H,2,11-12H2,1H3. The van der Waals surface area contributed by atoms with Crippen LogP contribution in [0.15, 0.2) is 48.5 Å². The zero-order valence-corrected chi connectivity index (χ0v) is 14.1. The van der Waals surface area contributed by atoms with Crippen LogP contribution in [0, 0.1) is 11.6 Å². The van der Waals surface area contributed by atoms with E-state index in [2.05, 4.69) is 15.4 Å². The molecule has 0 fully saturated rings. The number of rotatable bonds is 6. The molecule has 0 spiro atoms. The number of hydrogen-bond donors (Lipinski definition) is 0. The minimum absolute atomic E-state index is 0.0860. The van der Waals surface area contributed by atoms with Crippen molar-refractivity contribution in [3.8, 4) is 11.4 Å². The molecule has 0 aliphatic rings. The average molecular weight is 357 g/mol. The van der Waals surface area contributed by atoms with Gasteiger partial charge >= 0.3 is 0 Å². The summed E-state index contributed by atoms with van der Waals surface area (Å²) in [4.78, 5) is 15.2. The third-order valence-electron chi connectivity index (χ3n) is 3.83. The first kappa shape index (κ1) is 17.7. The fourth-order valence-corrected chi connectivity index (χ4v) is 2.48. The van der Waals surface area contributed by atoms with Gasteiger partial charge in [0.1, 0.15) is 18.2 Å². The van der Waals surface area contributed by atoms with Crippen molar-refractivity contribution in [3.63, 3.8) is 0 Å². The molecule has 0 aliphatic heterocycles. The van der Waals surface area contributed by atoms with Gasteiger partial charge in [-0.15, -0.1) is 10.2 Å². The first-order valence-corrected chi connectivity index (χ1v) is 8.11. The third-order valence-corrected chi connectivity index (χ3v) is 3.83. The van der Waals surface area contributed by atoms with Gasteiger partial charge in [0.2, 0.25) is 11.7 Å². The Hall–Kier alpha value is -3.16. The quantitative estimate of drug-likeness (QED) is 0.680. The lowest BCUT2D eigenvalue weighted by atomic mass is 10.2. The predicted octanol–water partition coefficient (Wildman–Crippen LogP) is 2.67. The summed E-state index contributed by atoms with van der Waals surface area (Å²) in [5.41, 5.74) is 1.32. The minimum Gasteiger partial charge on any atom is -0.337 e. The van der Waals surface area contributed by atoms with E-state index in [1.807, 2.05) is 6.92 Å². The van der Waals surface area contributed by atoms with Gasteiger partial charge in [0, 0.05) is 18.7 Å². The first-order valence-electron chi connectivity index (χ1n) is 8.11. The molecule has 0 saturated carbocycles. The molecular weight excluding hydrogens is 340 g/mol. The van der Waals surface area contributed by atoms with Crippen molar-refractivity contribution < 1.29 is 13.6 Å². The van der Waals surface area contributed by atoms with Gasteiger partial charge in [0.25, 0.3) is 0 Å². The van der Waals surface area contributed by atoms with Gasteiger partial charge in [-0.05, 0) is 54.1 Å². The molecule has 26 heavy (non-hydrogen) atoms. The predicted molar refractivity (Wildman–Crippen MR) is 90.7 cm³/mol. The number of aromatic nitrogens is 4. The van der Waals surface area contributed by atoms with Crippen molar-refractivity contribution in [2.24, 2.45) is 0 Å². The SMILES string of the molecule is CCN(Cc1cccc(F)c1)C(=O)Cn1nnc(-c2ccc(F)cc2)n1. The van der Waals surface area contributed by atoms with E-state index in [1.165, 1.54) is 29.1 Å². The van der Waals surface area contributed by atoms with Crippen LogP contribution >= 0.6 is 0 Å². The number of carbonyl (C=O) groups is 1. The van der Waals surface area contributed by atoms with E-state index in [-0.39, 0.29) is 24.1 Å². The number of halogens is 2. The zero-order chi connectivity index (χ0) is 18.5. The highest BCUT2D eigenvalue weighted by molar-refractivity contribution is 5.75. The van der Waals surface area contributed by atoms with Gasteiger partial charge in [-0.1, -0.05) is 12.1 Å². The van der Waals surface area contributed by atoms with Crippen molar-refractivity contribution in [1.82, 2.24) is 25.1 Å². The number of hydrogen-bond acceptors (Lipinski definition) is 4. The van der Waals surface area contributed by atoms with Crippen LogP contribution < -0.4 is 0 Å². The lowest BCUT2D eigenvalue weighted by Crippen LogP contribution is -2.33. The Morgan fingerprint density at radius 3 is 2.58 bits per heavy atom. The molecule has 0 bridgehead atoms. The van der Waals surface area contributed by atoms with Gasteiger partial charge in [0.05, 0.1) is 0 Å². The lowest BCUT2D eigenvalue weighted by molar-refractivity contribution is -0.132. The number of nitrogens with zero attached hydrogens (tertiary/aromatic N) is 5. The number of tetrazole rings is 1. The van der Waals surface area contributed by atoms with Crippen LogP contribution in [-0.2, 0) is 17.9 Å². The largest absolute Gasteiger partial charge is 0.337 e. The highest BCUT2D eigenvalue weighted by atomic mass is 19.1. The van der Waals surface area contributed by atoms with Crippen molar-refractivity contribution >= 4 is 5.91 Å². The fraction of sp³-hybridized carbons (Fsp3) is 0.222. The first-order chi connectivity index (χ1) is 12.5. The fourth-order valence-electron chi connectivity index (χ4n) is 2.48. The number of likely N-dealkylation sites (N-methyl/N-ethyl adjacent to an activating group) is 1. The summed E-state index contributed by atoms with van der Waals surface area (Å²) in [6, 6.07) is 11.8. The van der Waals surface area contributed by atoms with Crippen molar-refractivity contribution in [1.29, 1.82) is 0 Å². The molecule has 0 aliphatic carbocycles. The van der Waals surface area contributed by atoms with Crippen molar-refractivity contribution in [3.05, 3.63) is 65.7 Å². The van der Waals surface area contributed by atoms with E-state index in [4.69, 9.17) is 0 Å². The lowest BCUT2D eigenvalue weighted by Gasteiger charge is -2.20. The van der Waals surface area contributed by atoms with E-state index in [0.717, 1.165) is 0 Å². The highest BCUT2D eigenvalue weighted by Gasteiger charge is 2.15. The Morgan fingerprint density at radius 1 is 1.12 bits per heavy atom. The van der Waals surface area contributed by atoms with Crippen molar-refractivity contribution in [2.45, 2.75) is 20.0 Å². The van der Waals surface area contributed by atoms with E-state index in [9.17, 15) is 13.6 Å². The Labute approximate surface area is 149 Å². The van der Waals surface area contributed by atoms with Crippen LogP contribution in [0.5, 0.6) is 0 Å². The van der Waals surface area contributed by atoms with Crippen molar-refractivity contribution in [2.75, 3.05) is 6.54 Å². The molecule has 0 N–H and O–H groups in total. The Bertz CT molecular complexity index is 895. The molecular formula is C18H17F2N5O. The van der Waals surface area contributed by atoms with E-state index in [0.29, 0.717) is 30.0 Å². The summed E-state index contributed by atoms with van der Waals surface area (Å²) in [6.07, 6.45) is 0. The van der Waals surface area contributed by atoms with Gasteiger partial charge < -0.3 is 4.90 Å². The van der Waals surface area contributed by atoms with Crippen LogP contribution in [0.3, 0.4) is 0 Å². The summed E-state index contributed by atoms with van der Waals surface area (Å²) in [5.74, 6) is -0.592. The molecule has 0 saturated heterocycles. The number of carbonyl (C=O) groups excluding carboxylic acids is 1. The molecule has 2 aromatic carbocycles. The third kappa shape index (κ3) is 4.27. The summed E-state index contributed by atoms with van der Waals surface area (Å²) >= 11 is 0. The van der Waals surface area contributed by atoms with Gasteiger partial charge in [-0.25, -0.2) is 8.78 Å². The summed E-state index contributed by atoms with van der Waals surface area (Å²) < 4.78 is 26.3. The molecule has 0 atom stereocenters. The maximum atomic E-state index is 13.3. The average Bonchev–Trinajstić information content (AvgIpc) is 3.08. The molecule has 3 aromatic rings. The maximum Gasteiger partial charge on any atom is 0.246 e. The Kier molecular flexibility index (Phi) is 5.31. The molecule has 134 valence electrons. The normalized spacial score (nSPS) is 10.7. The highest BCUT2D eigenvalue weighted by Crippen LogP contribution is 2.14. The molecule has 3 rings (SSSR count). The minimum atomic E-state index is -0.354. The topological polar surface area (TPSA) is 63.9 Å². The van der Waals surface area contributed by atoms with Crippen LogP contribution in [0.25, 0.3) is 11.4 Å². The zero-order valence-electron chi connectivity index (χ0n) is 14.1. The summed E-state index contributed by atoms with van der Waals surface area (Å²) in [5, 5.41) is 11.9. The van der Waals surface area contributed by atoms with Crippen LogP contribution in [0.1, 0.15) is 12.5 Å².